The number of fused-ring (bicyclic) bond motifs is 2. The summed E-state index contributed by atoms with van der Waals surface area (Å²) >= 11 is 1.56. The van der Waals surface area contributed by atoms with Crippen LogP contribution in [0.5, 0.6) is 0 Å². The van der Waals surface area contributed by atoms with Gasteiger partial charge < -0.3 is 15.5 Å². The predicted molar refractivity (Wildman–Crippen MR) is 97.0 cm³/mol. The molecule has 1 heterocycles. The van der Waals surface area contributed by atoms with Crippen LogP contribution < -0.4 is 15.5 Å². The van der Waals surface area contributed by atoms with Crippen molar-refractivity contribution in [2.75, 3.05) is 17.3 Å². The van der Waals surface area contributed by atoms with E-state index in [1.807, 2.05) is 56.3 Å². The number of nitrogens with zero attached hydrogens (tertiary/aromatic N) is 1. The Morgan fingerprint density at radius 1 is 1.12 bits per heavy atom. The van der Waals surface area contributed by atoms with Crippen LogP contribution >= 0.6 is 11.8 Å². The van der Waals surface area contributed by atoms with E-state index in [4.69, 9.17) is 0 Å². The fraction of sp³-hybridized carbons (Fsp3) is 0.222. The summed E-state index contributed by atoms with van der Waals surface area (Å²) in [7, 11) is 1.75. The number of benzene rings is 2. The Morgan fingerprint density at radius 2 is 1.88 bits per heavy atom. The van der Waals surface area contributed by atoms with Crippen molar-refractivity contribution in [3.05, 3.63) is 48.0 Å². The molecular weight excluding hydrogens is 322 g/mol. The monoisotopic (exact) mass is 341 g/mol. The van der Waals surface area contributed by atoms with Crippen LogP contribution in [-0.2, 0) is 0 Å². The number of hydrogen-bond donors (Lipinski definition) is 2. The third-order valence-corrected chi connectivity index (χ3v) is 4.78. The van der Waals surface area contributed by atoms with Gasteiger partial charge in [0.25, 0.3) is 5.91 Å². The zero-order chi connectivity index (χ0) is 17.3. The summed E-state index contributed by atoms with van der Waals surface area (Å²) < 4.78 is 0. The van der Waals surface area contributed by atoms with Crippen molar-refractivity contribution in [3.8, 4) is 0 Å². The van der Waals surface area contributed by atoms with Crippen LogP contribution in [0.15, 0.2) is 52.3 Å². The number of hydrogen-bond acceptors (Lipinski definition) is 3. The van der Waals surface area contributed by atoms with Crippen LogP contribution in [-0.4, -0.2) is 25.0 Å². The highest BCUT2D eigenvalue weighted by Gasteiger charge is 2.24. The van der Waals surface area contributed by atoms with E-state index in [1.54, 1.807) is 23.7 Å². The highest BCUT2D eigenvalue weighted by molar-refractivity contribution is 7.99. The lowest BCUT2D eigenvalue weighted by atomic mass is 10.2. The maximum Gasteiger partial charge on any atom is 0.319 e. The summed E-state index contributed by atoms with van der Waals surface area (Å²) in [4.78, 5) is 28.1. The first-order valence-electron chi connectivity index (χ1n) is 7.72. The van der Waals surface area contributed by atoms with Crippen LogP contribution in [0, 0.1) is 0 Å². The molecule has 124 valence electrons. The Labute approximate surface area is 145 Å². The van der Waals surface area contributed by atoms with E-state index in [9.17, 15) is 9.59 Å². The van der Waals surface area contributed by atoms with Crippen molar-refractivity contribution in [2.24, 2.45) is 0 Å². The summed E-state index contributed by atoms with van der Waals surface area (Å²) in [5.74, 6) is -0.0550. The van der Waals surface area contributed by atoms with Crippen LogP contribution in [0.25, 0.3) is 0 Å². The number of nitrogens with one attached hydrogen (secondary N) is 2. The Kier molecular flexibility index (Phi) is 4.49. The minimum absolute atomic E-state index is 0.0550. The SMILES string of the molecule is CC(C)NC(=O)Nc1ccc2c(c1)N(C)C(=O)c1ccccc1S2. The molecule has 0 unspecified atom stereocenters. The molecule has 0 radical (unpaired) electrons. The van der Waals surface area contributed by atoms with Gasteiger partial charge in [-0.3, -0.25) is 4.79 Å². The fourth-order valence-electron chi connectivity index (χ4n) is 2.51. The molecule has 2 aromatic carbocycles. The number of amides is 3. The minimum Gasteiger partial charge on any atom is -0.336 e. The molecule has 1 aliphatic heterocycles. The normalized spacial score (nSPS) is 13.2. The largest absolute Gasteiger partial charge is 0.336 e. The van der Waals surface area contributed by atoms with Crippen LogP contribution in [0.4, 0.5) is 16.2 Å². The zero-order valence-electron chi connectivity index (χ0n) is 13.8. The van der Waals surface area contributed by atoms with E-state index in [0.717, 1.165) is 15.5 Å². The molecule has 6 heteroatoms. The first-order chi connectivity index (χ1) is 11.5. The Bertz CT molecular complexity index is 805. The molecule has 0 saturated carbocycles. The number of carbonyl (C=O) groups is 2. The van der Waals surface area contributed by atoms with Gasteiger partial charge in [0.1, 0.15) is 0 Å². The van der Waals surface area contributed by atoms with Gasteiger partial charge in [0, 0.05) is 28.6 Å². The van der Waals surface area contributed by atoms with Crippen molar-refractivity contribution in [2.45, 2.75) is 29.7 Å². The van der Waals surface area contributed by atoms with Gasteiger partial charge in [-0.2, -0.15) is 0 Å². The van der Waals surface area contributed by atoms with E-state index < -0.39 is 0 Å². The topological polar surface area (TPSA) is 61.4 Å². The molecule has 24 heavy (non-hydrogen) atoms. The summed E-state index contributed by atoms with van der Waals surface area (Å²) in [5, 5.41) is 5.59. The standard InChI is InChI=1S/C18H19N3O2S/c1-11(2)19-18(23)20-12-8-9-16-14(10-12)21(3)17(22)13-6-4-5-7-15(13)24-16/h4-11H,1-3H3,(H2,19,20,23). The molecule has 1 aliphatic rings. The van der Waals surface area contributed by atoms with Gasteiger partial charge in [0.15, 0.2) is 0 Å². The van der Waals surface area contributed by atoms with Crippen molar-refractivity contribution >= 4 is 35.1 Å². The van der Waals surface area contributed by atoms with E-state index in [2.05, 4.69) is 10.6 Å². The first kappa shape index (κ1) is 16.4. The first-order valence-corrected chi connectivity index (χ1v) is 8.54. The second kappa shape index (κ2) is 6.57. The second-order valence-corrected chi connectivity index (χ2v) is 6.98. The number of urea groups is 1. The Hall–Kier alpha value is -2.47. The molecule has 0 spiro atoms. The Balaban J connectivity index is 1.93. The van der Waals surface area contributed by atoms with Gasteiger partial charge in [0.05, 0.1) is 11.3 Å². The van der Waals surface area contributed by atoms with Crippen molar-refractivity contribution in [1.82, 2.24) is 5.32 Å². The third kappa shape index (κ3) is 3.23. The predicted octanol–water partition coefficient (Wildman–Crippen LogP) is 3.96. The molecule has 2 aromatic rings. The third-order valence-electron chi connectivity index (χ3n) is 3.64. The number of rotatable bonds is 2. The van der Waals surface area contributed by atoms with Gasteiger partial charge in [-0.15, -0.1) is 0 Å². The van der Waals surface area contributed by atoms with Gasteiger partial charge >= 0.3 is 6.03 Å². The summed E-state index contributed by atoms with van der Waals surface area (Å²) in [6.45, 7) is 3.80. The lowest BCUT2D eigenvalue weighted by Crippen LogP contribution is -2.34. The maximum atomic E-state index is 12.7. The molecule has 2 N–H and O–H groups in total. The van der Waals surface area contributed by atoms with E-state index >= 15 is 0 Å². The van der Waals surface area contributed by atoms with Crippen LogP contribution in [0.2, 0.25) is 0 Å². The molecule has 0 aromatic heterocycles. The second-order valence-electron chi connectivity index (χ2n) is 5.90. The van der Waals surface area contributed by atoms with E-state index in [0.29, 0.717) is 11.3 Å². The smallest absolute Gasteiger partial charge is 0.319 e. The molecule has 0 saturated heterocycles. The number of anilines is 2. The summed E-state index contributed by atoms with van der Waals surface area (Å²) in [6, 6.07) is 13.0. The molecule has 0 aliphatic carbocycles. The molecule has 0 bridgehead atoms. The quantitative estimate of drug-likeness (QED) is 0.869. The van der Waals surface area contributed by atoms with E-state index in [1.165, 1.54) is 0 Å². The highest BCUT2D eigenvalue weighted by Crippen LogP contribution is 2.41. The van der Waals surface area contributed by atoms with Gasteiger partial charge in [-0.25, -0.2) is 4.79 Å². The van der Waals surface area contributed by atoms with Gasteiger partial charge in [0.2, 0.25) is 0 Å². The van der Waals surface area contributed by atoms with Gasteiger partial charge in [-0.05, 0) is 44.2 Å². The number of carbonyl (C=O) groups excluding carboxylic acids is 2. The minimum atomic E-state index is -0.261. The summed E-state index contributed by atoms with van der Waals surface area (Å²) in [5.41, 5.74) is 2.12. The molecule has 0 atom stereocenters. The molecule has 5 nitrogen and oxygen atoms in total. The van der Waals surface area contributed by atoms with Gasteiger partial charge in [-0.1, -0.05) is 23.9 Å². The molecular formula is C18H19N3O2S. The maximum absolute atomic E-state index is 12.7. The van der Waals surface area contributed by atoms with Crippen LogP contribution in [0.3, 0.4) is 0 Å². The average molecular weight is 341 g/mol. The average Bonchev–Trinajstić information content (AvgIpc) is 2.63. The highest BCUT2D eigenvalue weighted by atomic mass is 32.2. The van der Waals surface area contributed by atoms with Crippen molar-refractivity contribution < 1.29 is 9.59 Å². The van der Waals surface area contributed by atoms with Crippen LogP contribution in [0.1, 0.15) is 24.2 Å². The van der Waals surface area contributed by atoms with Crippen molar-refractivity contribution in [1.29, 1.82) is 0 Å². The fourth-order valence-corrected chi connectivity index (χ4v) is 3.60. The molecule has 3 rings (SSSR count). The van der Waals surface area contributed by atoms with Crippen molar-refractivity contribution in [3.63, 3.8) is 0 Å². The molecule has 3 amide bonds. The Morgan fingerprint density at radius 3 is 2.62 bits per heavy atom. The molecule has 0 fully saturated rings. The zero-order valence-corrected chi connectivity index (χ0v) is 14.6. The summed E-state index contributed by atoms with van der Waals surface area (Å²) in [6.07, 6.45) is 0. The lowest BCUT2D eigenvalue weighted by molar-refractivity contribution is 0.0990. The van der Waals surface area contributed by atoms with E-state index in [-0.39, 0.29) is 18.0 Å². The lowest BCUT2D eigenvalue weighted by Gasteiger charge is -2.19.